The molecule has 8 heteroatoms. The van der Waals surface area contributed by atoms with E-state index < -0.39 is 6.04 Å². The molecule has 0 bridgehead atoms. The largest absolute Gasteiger partial charge is 0.497 e. The molecule has 0 unspecified atom stereocenters. The summed E-state index contributed by atoms with van der Waals surface area (Å²) in [7, 11) is 3.22. The van der Waals surface area contributed by atoms with Crippen molar-refractivity contribution < 1.29 is 23.8 Å². The Balaban J connectivity index is 1.64. The van der Waals surface area contributed by atoms with Crippen molar-refractivity contribution in [1.29, 1.82) is 0 Å². The Hall–Kier alpha value is -3.39. The fourth-order valence-corrected chi connectivity index (χ4v) is 4.93. The Morgan fingerprint density at radius 1 is 1.06 bits per heavy atom. The van der Waals surface area contributed by atoms with Gasteiger partial charge in [0, 0.05) is 18.1 Å². The molecule has 0 aliphatic carbocycles. The van der Waals surface area contributed by atoms with Crippen LogP contribution in [0.2, 0.25) is 0 Å². The van der Waals surface area contributed by atoms with Crippen LogP contribution >= 0.6 is 0 Å². The van der Waals surface area contributed by atoms with Gasteiger partial charge in [-0.25, -0.2) is 5.01 Å². The minimum absolute atomic E-state index is 0.100. The number of esters is 1. The number of amides is 1. The fourth-order valence-electron chi connectivity index (χ4n) is 4.93. The van der Waals surface area contributed by atoms with E-state index in [1.54, 1.807) is 26.2 Å². The van der Waals surface area contributed by atoms with Crippen molar-refractivity contribution >= 4 is 17.6 Å². The number of carbonyl (C=O) groups is 2. The SMILES string of the molecule is CCOC(=O)[C@H]1CCCCN1CC(=O)N1N=C(c2ccc(C)cc2)C[C@H]1c1ccc(OC)cc1OC. The number of nitrogens with zero attached hydrogens (tertiary/aromatic N) is 3. The molecule has 1 saturated heterocycles. The second-order valence-electron chi connectivity index (χ2n) is 9.21. The summed E-state index contributed by atoms with van der Waals surface area (Å²) in [6.45, 7) is 4.94. The molecular weight excluding hydrogens is 458 g/mol. The summed E-state index contributed by atoms with van der Waals surface area (Å²) in [4.78, 5) is 28.2. The number of hydrogen-bond donors (Lipinski definition) is 0. The molecule has 2 aromatic carbocycles. The number of likely N-dealkylation sites (tertiary alicyclic amines) is 1. The lowest BCUT2D eigenvalue weighted by atomic mass is 9.97. The average molecular weight is 494 g/mol. The van der Waals surface area contributed by atoms with E-state index in [2.05, 4.69) is 0 Å². The van der Waals surface area contributed by atoms with Crippen molar-refractivity contribution in [2.24, 2.45) is 5.10 Å². The van der Waals surface area contributed by atoms with E-state index in [0.717, 1.165) is 35.2 Å². The van der Waals surface area contributed by atoms with Crippen LogP contribution in [-0.2, 0) is 14.3 Å². The number of carbonyl (C=O) groups excluding carboxylic acids is 2. The maximum absolute atomic E-state index is 13.7. The summed E-state index contributed by atoms with van der Waals surface area (Å²) in [6, 6.07) is 13.0. The van der Waals surface area contributed by atoms with Crippen molar-refractivity contribution in [3.05, 3.63) is 59.2 Å². The van der Waals surface area contributed by atoms with Gasteiger partial charge in [0.1, 0.15) is 17.5 Å². The standard InChI is InChI=1S/C28H35N3O5/c1-5-36-28(33)24-8-6-7-15-30(24)18-27(32)31-25(22-14-13-21(34-3)16-26(22)35-4)17-23(29-31)20-11-9-19(2)10-12-20/h9-14,16,24-25H,5-8,15,17-18H2,1-4H3/t24-,25+/m1/s1. The maximum atomic E-state index is 13.7. The van der Waals surface area contributed by atoms with E-state index in [0.29, 0.717) is 37.5 Å². The minimum atomic E-state index is -0.403. The number of methoxy groups -OCH3 is 2. The lowest BCUT2D eigenvalue weighted by molar-refractivity contribution is -0.152. The number of ether oxygens (including phenoxy) is 3. The van der Waals surface area contributed by atoms with Crippen LogP contribution in [0.5, 0.6) is 11.5 Å². The summed E-state index contributed by atoms with van der Waals surface area (Å²) in [5.41, 5.74) is 3.84. The lowest BCUT2D eigenvalue weighted by Crippen LogP contribution is -2.49. The van der Waals surface area contributed by atoms with Gasteiger partial charge in [0.2, 0.25) is 0 Å². The number of aryl methyl sites for hydroxylation is 1. The predicted octanol–water partition coefficient (Wildman–Crippen LogP) is 4.11. The smallest absolute Gasteiger partial charge is 0.323 e. The number of benzene rings is 2. The molecule has 2 atom stereocenters. The van der Waals surface area contributed by atoms with Crippen LogP contribution in [0.1, 0.15) is 55.3 Å². The van der Waals surface area contributed by atoms with Gasteiger partial charge in [0.25, 0.3) is 5.91 Å². The zero-order chi connectivity index (χ0) is 25.7. The number of rotatable bonds is 8. The van der Waals surface area contributed by atoms with Gasteiger partial charge >= 0.3 is 5.97 Å². The van der Waals surface area contributed by atoms with Crippen molar-refractivity contribution in [2.75, 3.05) is 33.9 Å². The molecule has 0 saturated carbocycles. The fraction of sp³-hybridized carbons (Fsp3) is 0.464. The van der Waals surface area contributed by atoms with E-state index in [9.17, 15) is 9.59 Å². The molecule has 0 aromatic heterocycles. The van der Waals surface area contributed by atoms with Crippen molar-refractivity contribution in [2.45, 2.75) is 51.6 Å². The van der Waals surface area contributed by atoms with E-state index in [4.69, 9.17) is 19.3 Å². The molecule has 0 spiro atoms. The van der Waals surface area contributed by atoms with E-state index in [1.165, 1.54) is 0 Å². The predicted molar refractivity (Wildman–Crippen MR) is 137 cm³/mol. The van der Waals surface area contributed by atoms with Crippen LogP contribution in [0, 0.1) is 6.92 Å². The molecule has 8 nitrogen and oxygen atoms in total. The first-order chi connectivity index (χ1) is 17.4. The first-order valence-electron chi connectivity index (χ1n) is 12.5. The molecule has 1 fully saturated rings. The highest BCUT2D eigenvalue weighted by molar-refractivity contribution is 6.03. The van der Waals surface area contributed by atoms with E-state index in [-0.39, 0.29) is 24.5 Å². The van der Waals surface area contributed by atoms with Gasteiger partial charge in [-0.3, -0.25) is 14.5 Å². The van der Waals surface area contributed by atoms with Crippen LogP contribution in [0.4, 0.5) is 0 Å². The monoisotopic (exact) mass is 493 g/mol. The van der Waals surface area contributed by atoms with Crippen LogP contribution in [0.15, 0.2) is 47.6 Å². The summed E-state index contributed by atoms with van der Waals surface area (Å²) < 4.78 is 16.3. The van der Waals surface area contributed by atoms with Crippen LogP contribution < -0.4 is 9.47 Å². The lowest BCUT2D eigenvalue weighted by Gasteiger charge is -2.34. The van der Waals surface area contributed by atoms with Gasteiger partial charge in [-0.05, 0) is 50.9 Å². The topological polar surface area (TPSA) is 80.7 Å². The van der Waals surface area contributed by atoms with Crippen LogP contribution in [0.3, 0.4) is 0 Å². The Bertz CT molecular complexity index is 1110. The molecule has 36 heavy (non-hydrogen) atoms. The summed E-state index contributed by atoms with van der Waals surface area (Å²) >= 11 is 0. The van der Waals surface area contributed by atoms with Gasteiger partial charge in [-0.2, -0.15) is 5.10 Å². The average Bonchev–Trinajstić information content (AvgIpc) is 3.34. The van der Waals surface area contributed by atoms with Crippen LogP contribution in [-0.4, -0.2) is 67.5 Å². The zero-order valence-electron chi connectivity index (χ0n) is 21.5. The molecule has 2 aromatic rings. The number of hydrazone groups is 1. The number of hydrogen-bond acceptors (Lipinski definition) is 7. The maximum Gasteiger partial charge on any atom is 0.323 e. The molecule has 0 N–H and O–H groups in total. The Morgan fingerprint density at radius 3 is 2.53 bits per heavy atom. The van der Waals surface area contributed by atoms with E-state index in [1.807, 2.05) is 54.3 Å². The molecule has 2 aliphatic rings. The van der Waals surface area contributed by atoms with Gasteiger partial charge < -0.3 is 14.2 Å². The van der Waals surface area contributed by atoms with Gasteiger partial charge in [0.05, 0.1) is 39.1 Å². The summed E-state index contributed by atoms with van der Waals surface area (Å²) in [5, 5.41) is 6.37. The Labute approximate surface area is 212 Å². The first kappa shape index (κ1) is 25.7. The van der Waals surface area contributed by atoms with Gasteiger partial charge in [-0.15, -0.1) is 0 Å². The second kappa shape index (κ2) is 11.6. The third-order valence-electron chi connectivity index (χ3n) is 6.86. The van der Waals surface area contributed by atoms with Gasteiger partial charge in [0.15, 0.2) is 0 Å². The molecule has 192 valence electrons. The minimum Gasteiger partial charge on any atom is -0.497 e. The molecule has 2 aliphatic heterocycles. The molecule has 4 rings (SSSR count). The Morgan fingerprint density at radius 2 is 1.83 bits per heavy atom. The third kappa shape index (κ3) is 5.54. The molecule has 2 heterocycles. The molecule has 0 radical (unpaired) electrons. The Kier molecular flexibility index (Phi) is 8.25. The van der Waals surface area contributed by atoms with Gasteiger partial charge in [-0.1, -0.05) is 36.2 Å². The highest BCUT2D eigenvalue weighted by Gasteiger charge is 2.38. The van der Waals surface area contributed by atoms with Crippen molar-refractivity contribution in [1.82, 2.24) is 9.91 Å². The summed E-state index contributed by atoms with van der Waals surface area (Å²) in [6.07, 6.45) is 3.13. The molecular formula is C28H35N3O5. The zero-order valence-corrected chi connectivity index (χ0v) is 21.5. The third-order valence-corrected chi connectivity index (χ3v) is 6.86. The second-order valence-corrected chi connectivity index (χ2v) is 9.21. The normalized spacial score (nSPS) is 20.1. The van der Waals surface area contributed by atoms with E-state index >= 15 is 0 Å². The number of piperidine rings is 1. The summed E-state index contributed by atoms with van der Waals surface area (Å²) in [5.74, 6) is 0.899. The van der Waals surface area contributed by atoms with Crippen molar-refractivity contribution in [3.8, 4) is 11.5 Å². The highest BCUT2D eigenvalue weighted by Crippen LogP contribution is 2.39. The van der Waals surface area contributed by atoms with Crippen molar-refractivity contribution in [3.63, 3.8) is 0 Å². The highest BCUT2D eigenvalue weighted by atomic mass is 16.5. The quantitative estimate of drug-likeness (QED) is 0.515. The van der Waals surface area contributed by atoms with Crippen LogP contribution in [0.25, 0.3) is 0 Å². The first-order valence-corrected chi connectivity index (χ1v) is 12.5. The molecule has 1 amide bonds.